The van der Waals surface area contributed by atoms with Crippen molar-refractivity contribution < 1.29 is 18.7 Å². The fourth-order valence-electron chi connectivity index (χ4n) is 3.30. The summed E-state index contributed by atoms with van der Waals surface area (Å²) in [6.45, 7) is 4.70. The molecule has 0 atom stereocenters. The highest BCUT2D eigenvalue weighted by molar-refractivity contribution is 6.05. The summed E-state index contributed by atoms with van der Waals surface area (Å²) in [7, 11) is 1.62. The number of anilines is 1. The summed E-state index contributed by atoms with van der Waals surface area (Å²) in [4.78, 5) is 17.5. The first-order chi connectivity index (χ1) is 15.6. The Morgan fingerprint density at radius 3 is 2.75 bits per heavy atom. The Morgan fingerprint density at radius 2 is 1.94 bits per heavy atom. The number of methoxy groups -OCH3 is 1. The summed E-state index contributed by atoms with van der Waals surface area (Å²) >= 11 is 0. The first-order valence-corrected chi connectivity index (χ1v) is 10.7. The van der Waals surface area contributed by atoms with Crippen molar-refractivity contribution in [1.29, 1.82) is 0 Å². The lowest BCUT2D eigenvalue weighted by Crippen LogP contribution is -2.13. The van der Waals surface area contributed by atoms with E-state index in [9.17, 15) is 4.79 Å². The molecule has 0 saturated carbocycles. The first kappa shape index (κ1) is 21.4. The van der Waals surface area contributed by atoms with Gasteiger partial charge >= 0.3 is 0 Å². The van der Waals surface area contributed by atoms with Crippen LogP contribution in [0.3, 0.4) is 0 Å². The van der Waals surface area contributed by atoms with E-state index in [4.69, 9.17) is 13.9 Å². The van der Waals surface area contributed by atoms with Gasteiger partial charge < -0.3 is 19.2 Å². The number of aromatic nitrogens is 1. The van der Waals surface area contributed by atoms with Crippen molar-refractivity contribution in [2.24, 2.45) is 0 Å². The Kier molecular flexibility index (Phi) is 6.40. The molecule has 0 radical (unpaired) electrons. The van der Waals surface area contributed by atoms with Crippen LogP contribution in [-0.4, -0.2) is 24.6 Å². The maximum atomic E-state index is 12.9. The fraction of sp³-hybridized carbons (Fsp3) is 0.231. The van der Waals surface area contributed by atoms with Gasteiger partial charge in [0.15, 0.2) is 5.58 Å². The van der Waals surface area contributed by atoms with Gasteiger partial charge in [-0.15, -0.1) is 0 Å². The van der Waals surface area contributed by atoms with Crippen LogP contribution in [0.5, 0.6) is 11.5 Å². The number of amides is 1. The van der Waals surface area contributed by atoms with Crippen molar-refractivity contribution in [3.63, 3.8) is 0 Å². The van der Waals surface area contributed by atoms with Crippen molar-refractivity contribution in [2.45, 2.75) is 26.7 Å². The number of aryl methyl sites for hydroxylation is 1. The van der Waals surface area contributed by atoms with Crippen LogP contribution < -0.4 is 14.8 Å². The molecule has 4 aromatic rings. The van der Waals surface area contributed by atoms with Gasteiger partial charge in [0, 0.05) is 22.9 Å². The second-order valence-electron chi connectivity index (χ2n) is 7.57. The predicted octanol–water partition coefficient (Wildman–Crippen LogP) is 6.24. The van der Waals surface area contributed by atoms with Crippen molar-refractivity contribution >= 4 is 22.7 Å². The summed E-state index contributed by atoms with van der Waals surface area (Å²) < 4.78 is 16.9. The highest BCUT2D eigenvalue weighted by Gasteiger charge is 2.13. The Morgan fingerprint density at radius 1 is 1.06 bits per heavy atom. The number of nitrogens with zero attached hydrogens (tertiary/aromatic N) is 1. The van der Waals surface area contributed by atoms with Crippen LogP contribution in [0, 0.1) is 6.92 Å². The molecule has 0 unspecified atom stereocenters. The molecule has 0 aliphatic carbocycles. The number of rotatable bonds is 8. The molecule has 0 fully saturated rings. The molecule has 6 nitrogen and oxygen atoms in total. The summed E-state index contributed by atoms with van der Waals surface area (Å²) in [5.41, 5.74) is 4.34. The topological polar surface area (TPSA) is 73.6 Å². The first-order valence-electron chi connectivity index (χ1n) is 10.7. The lowest BCUT2D eigenvalue weighted by Gasteiger charge is -2.11. The van der Waals surface area contributed by atoms with Gasteiger partial charge in [0.25, 0.3) is 5.91 Å². The third kappa shape index (κ3) is 4.75. The van der Waals surface area contributed by atoms with Gasteiger partial charge in [-0.05, 0) is 61.4 Å². The van der Waals surface area contributed by atoms with E-state index in [1.165, 1.54) is 0 Å². The summed E-state index contributed by atoms with van der Waals surface area (Å²) in [5.74, 6) is 1.69. The van der Waals surface area contributed by atoms with Crippen LogP contribution in [0.2, 0.25) is 0 Å². The van der Waals surface area contributed by atoms with Crippen LogP contribution in [0.15, 0.2) is 65.1 Å². The number of ether oxygens (including phenoxy) is 2. The molecule has 32 heavy (non-hydrogen) atoms. The van der Waals surface area contributed by atoms with E-state index in [1.807, 2.05) is 55.5 Å². The molecule has 1 amide bonds. The minimum Gasteiger partial charge on any atom is -0.497 e. The van der Waals surface area contributed by atoms with Gasteiger partial charge in [-0.2, -0.15) is 0 Å². The second-order valence-corrected chi connectivity index (χ2v) is 7.57. The maximum absolute atomic E-state index is 12.9. The minimum atomic E-state index is -0.200. The molecule has 0 bridgehead atoms. The average Bonchev–Trinajstić information content (AvgIpc) is 3.24. The van der Waals surface area contributed by atoms with Crippen LogP contribution in [0.4, 0.5) is 5.69 Å². The van der Waals surface area contributed by atoms with Crippen molar-refractivity contribution in [2.75, 3.05) is 19.0 Å². The van der Waals surface area contributed by atoms with E-state index in [1.54, 1.807) is 19.2 Å². The molecular weight excluding hydrogens is 404 g/mol. The maximum Gasteiger partial charge on any atom is 0.255 e. The van der Waals surface area contributed by atoms with Crippen molar-refractivity contribution in [1.82, 2.24) is 4.98 Å². The number of hydrogen-bond acceptors (Lipinski definition) is 5. The van der Waals surface area contributed by atoms with Gasteiger partial charge in [0.1, 0.15) is 17.0 Å². The zero-order chi connectivity index (χ0) is 22.5. The number of nitrogens with one attached hydrogen (secondary N) is 1. The number of carbonyl (C=O) groups is 1. The number of benzene rings is 3. The molecule has 1 N–H and O–H groups in total. The van der Waals surface area contributed by atoms with E-state index >= 15 is 0 Å². The van der Waals surface area contributed by atoms with E-state index in [0.717, 1.165) is 29.7 Å². The molecule has 1 aromatic heterocycles. The highest BCUT2D eigenvalue weighted by atomic mass is 16.5. The van der Waals surface area contributed by atoms with Crippen molar-refractivity contribution in [3.8, 4) is 23.0 Å². The minimum absolute atomic E-state index is 0.200. The lowest BCUT2D eigenvalue weighted by atomic mass is 10.1. The van der Waals surface area contributed by atoms with Gasteiger partial charge in [-0.25, -0.2) is 4.98 Å². The van der Waals surface area contributed by atoms with E-state index < -0.39 is 0 Å². The monoisotopic (exact) mass is 430 g/mol. The number of hydrogen-bond donors (Lipinski definition) is 1. The molecule has 0 aliphatic rings. The molecule has 1 heterocycles. The smallest absolute Gasteiger partial charge is 0.255 e. The Labute approximate surface area is 187 Å². The molecular formula is C26H26N2O4. The SMILES string of the molecule is CCCCOc1cccc(C(=O)Nc2cc(-c3nc4cc(OC)ccc4o3)ccc2C)c1. The molecule has 0 aliphatic heterocycles. The van der Waals surface area contributed by atoms with Gasteiger partial charge in [-0.1, -0.05) is 25.5 Å². The van der Waals surface area contributed by atoms with Crippen molar-refractivity contribution in [3.05, 3.63) is 71.8 Å². The molecule has 6 heteroatoms. The van der Waals surface area contributed by atoms with Crippen LogP contribution >= 0.6 is 0 Å². The van der Waals surface area contributed by atoms with Gasteiger partial charge in [0.2, 0.25) is 5.89 Å². The van der Waals surface area contributed by atoms with Crippen LogP contribution in [-0.2, 0) is 0 Å². The quantitative estimate of drug-likeness (QED) is 0.335. The Balaban J connectivity index is 1.56. The Bertz CT molecular complexity index is 1250. The summed E-state index contributed by atoms with van der Waals surface area (Å²) in [5, 5.41) is 3.00. The Hall–Kier alpha value is -3.80. The van der Waals surface area contributed by atoms with Gasteiger partial charge in [0.05, 0.1) is 13.7 Å². The lowest BCUT2D eigenvalue weighted by molar-refractivity contribution is 0.102. The third-order valence-electron chi connectivity index (χ3n) is 5.19. The molecule has 4 rings (SSSR count). The van der Waals surface area contributed by atoms with Crippen LogP contribution in [0.1, 0.15) is 35.7 Å². The highest BCUT2D eigenvalue weighted by Crippen LogP contribution is 2.30. The predicted molar refractivity (Wildman–Crippen MR) is 126 cm³/mol. The summed E-state index contributed by atoms with van der Waals surface area (Å²) in [6, 6.07) is 18.4. The molecule has 164 valence electrons. The summed E-state index contributed by atoms with van der Waals surface area (Å²) in [6.07, 6.45) is 2.04. The number of fused-ring (bicyclic) bond motifs is 1. The number of oxazole rings is 1. The van der Waals surface area contributed by atoms with E-state index in [0.29, 0.717) is 40.6 Å². The normalized spacial score (nSPS) is 10.8. The zero-order valence-corrected chi connectivity index (χ0v) is 18.5. The molecule has 3 aromatic carbocycles. The third-order valence-corrected chi connectivity index (χ3v) is 5.19. The van der Waals surface area contributed by atoms with Crippen LogP contribution in [0.25, 0.3) is 22.6 Å². The molecule has 0 saturated heterocycles. The number of carbonyl (C=O) groups excluding carboxylic acids is 1. The largest absolute Gasteiger partial charge is 0.497 e. The average molecular weight is 431 g/mol. The van der Waals surface area contributed by atoms with E-state index in [-0.39, 0.29) is 5.91 Å². The standard InChI is InChI=1S/C26H26N2O4/c1-4-5-13-31-21-8-6-7-18(14-21)25(29)27-22-15-19(10-9-17(22)2)26-28-23-16-20(30-3)11-12-24(23)32-26/h6-12,14-16H,4-5,13H2,1-3H3,(H,27,29). The molecule has 0 spiro atoms. The number of unbranched alkanes of at least 4 members (excludes halogenated alkanes) is 1. The zero-order valence-electron chi connectivity index (χ0n) is 18.5. The second kappa shape index (κ2) is 9.56. The van der Waals surface area contributed by atoms with E-state index in [2.05, 4.69) is 17.2 Å². The van der Waals surface area contributed by atoms with Gasteiger partial charge in [-0.3, -0.25) is 4.79 Å². The fourth-order valence-corrected chi connectivity index (χ4v) is 3.30.